The first kappa shape index (κ1) is 10.2. The lowest BCUT2D eigenvalue weighted by atomic mass is 9.97. The van der Waals surface area contributed by atoms with Crippen molar-refractivity contribution in [1.82, 2.24) is 0 Å². The number of alkyl halides is 1. The lowest BCUT2D eigenvalue weighted by Gasteiger charge is -2.13. The van der Waals surface area contributed by atoms with Crippen LogP contribution in [0.25, 0.3) is 0 Å². The highest BCUT2D eigenvalue weighted by Gasteiger charge is 2.24. The smallest absolute Gasteiger partial charge is 0.0177 e. The number of hydrogen-bond acceptors (Lipinski definition) is 0. The summed E-state index contributed by atoms with van der Waals surface area (Å²) in [7, 11) is 0. The van der Waals surface area contributed by atoms with E-state index >= 15 is 0 Å². The van der Waals surface area contributed by atoms with E-state index in [1.54, 1.807) is 0 Å². The molecule has 0 amide bonds. The van der Waals surface area contributed by atoms with Gasteiger partial charge in [-0.2, -0.15) is 0 Å². The Balaban J connectivity index is 2.03. The molecule has 0 nitrogen and oxygen atoms in total. The molecule has 0 aromatic heterocycles. The summed E-state index contributed by atoms with van der Waals surface area (Å²) in [6, 6.07) is 8.91. The average Bonchev–Trinajstić information content (AvgIpc) is 2.52. The quantitative estimate of drug-likeness (QED) is 0.696. The van der Waals surface area contributed by atoms with Crippen molar-refractivity contribution >= 4 is 15.9 Å². The van der Waals surface area contributed by atoms with Gasteiger partial charge in [-0.25, -0.2) is 0 Å². The topological polar surface area (TPSA) is 0 Å². The summed E-state index contributed by atoms with van der Waals surface area (Å²) in [5.74, 6) is 0.858. The zero-order chi connectivity index (χ0) is 9.97. The molecule has 14 heavy (non-hydrogen) atoms. The van der Waals surface area contributed by atoms with Crippen molar-refractivity contribution in [1.29, 1.82) is 0 Å². The van der Waals surface area contributed by atoms with E-state index in [0.29, 0.717) is 0 Å². The molecule has 0 bridgehead atoms. The van der Waals surface area contributed by atoms with E-state index in [1.807, 2.05) is 0 Å². The number of halogens is 1. The van der Waals surface area contributed by atoms with Crippen LogP contribution in [0.15, 0.2) is 24.3 Å². The molecule has 0 saturated heterocycles. The molecule has 0 heterocycles. The first-order chi connectivity index (χ1) is 6.75. The summed E-state index contributed by atoms with van der Waals surface area (Å²) in [6.45, 7) is 2.17. The maximum Gasteiger partial charge on any atom is 0.0177 e. The maximum absolute atomic E-state index is 3.78. The predicted octanol–water partition coefficient (Wildman–Crippen LogP) is 4.10. The van der Waals surface area contributed by atoms with E-state index in [2.05, 4.69) is 47.1 Å². The van der Waals surface area contributed by atoms with Crippen LogP contribution in [0.1, 0.15) is 30.4 Å². The number of hydrogen-bond donors (Lipinski definition) is 0. The van der Waals surface area contributed by atoms with E-state index in [-0.39, 0.29) is 0 Å². The Morgan fingerprint density at radius 2 is 2.21 bits per heavy atom. The second-order valence-electron chi connectivity index (χ2n) is 4.40. The van der Waals surface area contributed by atoms with Gasteiger partial charge >= 0.3 is 0 Å². The molecule has 0 spiro atoms. The molecule has 76 valence electrons. The molecular weight excluding hydrogens is 236 g/mol. The zero-order valence-corrected chi connectivity index (χ0v) is 10.3. The molecule has 0 aliphatic heterocycles. The average molecular weight is 253 g/mol. The summed E-state index contributed by atoms with van der Waals surface area (Å²) < 4.78 is 0. The molecule has 1 aromatic rings. The normalized spacial score (nSPS) is 26.7. The third-order valence-corrected chi connectivity index (χ3v) is 4.35. The van der Waals surface area contributed by atoms with Crippen LogP contribution in [-0.4, -0.2) is 4.83 Å². The van der Waals surface area contributed by atoms with Gasteiger partial charge < -0.3 is 0 Å². The van der Waals surface area contributed by atoms with Crippen LogP contribution < -0.4 is 0 Å². The van der Waals surface area contributed by atoms with Crippen molar-refractivity contribution in [2.75, 3.05) is 0 Å². The van der Waals surface area contributed by atoms with Gasteiger partial charge in [0.2, 0.25) is 0 Å². The monoisotopic (exact) mass is 252 g/mol. The van der Waals surface area contributed by atoms with E-state index in [4.69, 9.17) is 0 Å². The van der Waals surface area contributed by atoms with Crippen LogP contribution in [0.5, 0.6) is 0 Å². The van der Waals surface area contributed by atoms with Gasteiger partial charge in [-0.05, 0) is 37.7 Å². The molecule has 2 rings (SSSR count). The summed E-state index contributed by atoms with van der Waals surface area (Å²) in [6.07, 6.45) is 5.39. The van der Waals surface area contributed by atoms with Gasteiger partial charge in [-0.15, -0.1) is 0 Å². The van der Waals surface area contributed by atoms with Gasteiger partial charge in [0, 0.05) is 4.83 Å². The highest BCUT2D eigenvalue weighted by atomic mass is 79.9. The molecule has 2 atom stereocenters. The summed E-state index contributed by atoms with van der Waals surface area (Å²) in [5, 5.41) is 0. The van der Waals surface area contributed by atoms with Crippen LogP contribution in [0.3, 0.4) is 0 Å². The van der Waals surface area contributed by atoms with Crippen LogP contribution >= 0.6 is 15.9 Å². The van der Waals surface area contributed by atoms with Crippen molar-refractivity contribution < 1.29 is 0 Å². The fraction of sp³-hybridized carbons (Fsp3) is 0.538. The van der Waals surface area contributed by atoms with E-state index in [9.17, 15) is 0 Å². The van der Waals surface area contributed by atoms with Crippen LogP contribution in [0.2, 0.25) is 0 Å². The van der Waals surface area contributed by atoms with Crippen molar-refractivity contribution in [2.24, 2.45) is 5.92 Å². The van der Waals surface area contributed by atoms with E-state index in [0.717, 1.165) is 10.7 Å². The maximum atomic E-state index is 3.78. The molecule has 1 heteroatoms. The van der Waals surface area contributed by atoms with Gasteiger partial charge in [0.1, 0.15) is 0 Å². The van der Waals surface area contributed by atoms with Crippen molar-refractivity contribution in [3.63, 3.8) is 0 Å². The van der Waals surface area contributed by atoms with Crippen molar-refractivity contribution in [2.45, 2.75) is 37.4 Å². The Morgan fingerprint density at radius 1 is 1.36 bits per heavy atom. The van der Waals surface area contributed by atoms with E-state index < -0.39 is 0 Å². The number of rotatable bonds is 2. The largest absolute Gasteiger partial charge is 0.0888 e. The SMILES string of the molecule is Cc1cccc(CC2CCCC2Br)c1. The zero-order valence-electron chi connectivity index (χ0n) is 8.67. The summed E-state index contributed by atoms with van der Waals surface area (Å²) in [4.78, 5) is 0.753. The number of aryl methyl sites for hydroxylation is 1. The first-order valence-corrected chi connectivity index (χ1v) is 6.37. The van der Waals surface area contributed by atoms with Gasteiger partial charge in [0.25, 0.3) is 0 Å². The molecule has 1 aromatic carbocycles. The molecule has 0 radical (unpaired) electrons. The van der Waals surface area contributed by atoms with Gasteiger partial charge in [-0.1, -0.05) is 52.2 Å². The Labute approximate surface area is 94.8 Å². The molecular formula is C13H17Br. The highest BCUT2D eigenvalue weighted by molar-refractivity contribution is 9.09. The molecule has 2 unspecified atom stereocenters. The van der Waals surface area contributed by atoms with Crippen molar-refractivity contribution in [3.8, 4) is 0 Å². The Hall–Kier alpha value is -0.300. The minimum Gasteiger partial charge on any atom is -0.0888 e. The number of benzene rings is 1. The van der Waals surface area contributed by atoms with Gasteiger partial charge in [0.05, 0.1) is 0 Å². The minimum atomic E-state index is 0.753. The first-order valence-electron chi connectivity index (χ1n) is 5.45. The minimum absolute atomic E-state index is 0.753. The van der Waals surface area contributed by atoms with Crippen LogP contribution in [0, 0.1) is 12.8 Å². The van der Waals surface area contributed by atoms with E-state index in [1.165, 1.54) is 36.8 Å². The Morgan fingerprint density at radius 3 is 2.86 bits per heavy atom. The van der Waals surface area contributed by atoms with Crippen LogP contribution in [0.4, 0.5) is 0 Å². The van der Waals surface area contributed by atoms with Crippen molar-refractivity contribution in [3.05, 3.63) is 35.4 Å². The lowest BCUT2D eigenvalue weighted by Crippen LogP contribution is -2.09. The lowest BCUT2D eigenvalue weighted by molar-refractivity contribution is 0.562. The second-order valence-corrected chi connectivity index (χ2v) is 5.58. The second kappa shape index (κ2) is 4.48. The molecule has 1 saturated carbocycles. The summed E-state index contributed by atoms with van der Waals surface area (Å²) >= 11 is 3.78. The Bertz CT molecular complexity index is 306. The molecule has 0 N–H and O–H groups in total. The fourth-order valence-electron chi connectivity index (χ4n) is 2.36. The van der Waals surface area contributed by atoms with Gasteiger partial charge in [0.15, 0.2) is 0 Å². The standard InChI is InChI=1S/C13H17Br/c1-10-4-2-5-11(8-10)9-12-6-3-7-13(12)14/h2,4-5,8,12-13H,3,6-7,9H2,1H3. The van der Waals surface area contributed by atoms with Gasteiger partial charge in [-0.3, -0.25) is 0 Å². The molecule has 1 fully saturated rings. The third kappa shape index (κ3) is 2.38. The fourth-order valence-corrected chi connectivity index (χ4v) is 3.14. The highest BCUT2D eigenvalue weighted by Crippen LogP contribution is 2.33. The summed E-state index contributed by atoms with van der Waals surface area (Å²) in [5.41, 5.74) is 2.88. The third-order valence-electron chi connectivity index (χ3n) is 3.15. The Kier molecular flexibility index (Phi) is 3.27. The molecule has 1 aliphatic rings. The van der Waals surface area contributed by atoms with Crippen LogP contribution in [-0.2, 0) is 6.42 Å². The predicted molar refractivity (Wildman–Crippen MR) is 64.9 cm³/mol. The molecule has 1 aliphatic carbocycles.